The molecular weight excluding hydrogens is 299 g/mol. The van der Waals surface area contributed by atoms with Crippen LogP contribution in [0, 0.1) is 5.82 Å². The molecule has 0 saturated heterocycles. The zero-order valence-corrected chi connectivity index (χ0v) is 11.7. The lowest BCUT2D eigenvalue weighted by atomic mass is 10.1. The van der Waals surface area contributed by atoms with E-state index in [9.17, 15) is 14.0 Å². The zero-order chi connectivity index (χ0) is 16.0. The average molecular weight is 308 g/mol. The summed E-state index contributed by atoms with van der Waals surface area (Å²) in [6, 6.07) is 10.5. The lowest BCUT2D eigenvalue weighted by Crippen LogP contribution is -2.07. The highest BCUT2D eigenvalue weighted by Crippen LogP contribution is 2.31. The Hall–Kier alpha value is -3.21. The van der Waals surface area contributed by atoms with Crippen LogP contribution in [0.4, 0.5) is 4.39 Å². The van der Waals surface area contributed by atoms with Crippen LogP contribution < -0.4 is 10.2 Å². The van der Waals surface area contributed by atoms with Gasteiger partial charge in [0.1, 0.15) is 23.4 Å². The van der Waals surface area contributed by atoms with Crippen LogP contribution >= 0.6 is 0 Å². The second-order valence-electron chi connectivity index (χ2n) is 5.10. The van der Waals surface area contributed by atoms with E-state index >= 15 is 0 Å². The van der Waals surface area contributed by atoms with Crippen molar-refractivity contribution in [3.63, 3.8) is 0 Å². The van der Waals surface area contributed by atoms with Crippen LogP contribution in [-0.2, 0) is 0 Å². The van der Waals surface area contributed by atoms with Crippen molar-refractivity contribution in [2.24, 2.45) is 0 Å². The molecule has 0 aliphatic carbocycles. The van der Waals surface area contributed by atoms with Gasteiger partial charge in [0.25, 0.3) is 0 Å². The Bertz CT molecular complexity index is 1050. The van der Waals surface area contributed by atoms with Crippen molar-refractivity contribution in [2.75, 3.05) is 0 Å². The summed E-state index contributed by atoms with van der Waals surface area (Å²) >= 11 is 0. The molecule has 0 unspecified atom stereocenters. The number of allylic oxidation sites excluding steroid dienone is 1. The number of ketones is 1. The minimum atomic E-state index is -0.532. The molecule has 1 aromatic heterocycles. The number of fused-ring (bicyclic) bond motifs is 2. The van der Waals surface area contributed by atoms with Crippen LogP contribution in [0.3, 0.4) is 0 Å². The molecule has 1 aliphatic rings. The number of hydrogen-bond acceptors (Lipinski definition) is 4. The Morgan fingerprint density at radius 1 is 1.04 bits per heavy atom. The molecule has 5 heteroatoms. The Balaban J connectivity index is 1.84. The van der Waals surface area contributed by atoms with Crippen LogP contribution in [0.2, 0.25) is 0 Å². The molecule has 0 bridgehead atoms. The van der Waals surface area contributed by atoms with Gasteiger partial charge in [-0.15, -0.1) is 0 Å². The van der Waals surface area contributed by atoms with E-state index in [1.54, 1.807) is 24.3 Å². The summed E-state index contributed by atoms with van der Waals surface area (Å²) in [6.07, 6.45) is 2.55. The van der Waals surface area contributed by atoms with Crippen LogP contribution in [-0.4, -0.2) is 5.78 Å². The summed E-state index contributed by atoms with van der Waals surface area (Å²) in [5, 5.41) is 0.113. The Morgan fingerprint density at radius 2 is 1.87 bits per heavy atom. The molecule has 4 rings (SSSR count). The van der Waals surface area contributed by atoms with Crippen molar-refractivity contribution in [1.82, 2.24) is 0 Å². The van der Waals surface area contributed by atoms with Crippen molar-refractivity contribution < 1.29 is 18.3 Å². The van der Waals surface area contributed by atoms with Gasteiger partial charge in [0, 0.05) is 0 Å². The van der Waals surface area contributed by atoms with E-state index in [4.69, 9.17) is 9.15 Å². The molecule has 112 valence electrons. The normalized spacial score (nSPS) is 15.0. The first kappa shape index (κ1) is 13.5. The van der Waals surface area contributed by atoms with Gasteiger partial charge >= 0.3 is 0 Å². The summed E-state index contributed by atoms with van der Waals surface area (Å²) in [7, 11) is 0. The van der Waals surface area contributed by atoms with E-state index in [1.807, 2.05) is 0 Å². The fourth-order valence-corrected chi connectivity index (χ4v) is 2.49. The highest BCUT2D eigenvalue weighted by molar-refractivity contribution is 6.14. The summed E-state index contributed by atoms with van der Waals surface area (Å²) < 4.78 is 24.1. The Kier molecular flexibility index (Phi) is 2.87. The molecule has 4 nitrogen and oxygen atoms in total. The minimum absolute atomic E-state index is 0.0363. The van der Waals surface area contributed by atoms with Gasteiger partial charge in [-0.2, -0.15) is 0 Å². The fraction of sp³-hybridized carbons (Fsp3) is 0. The third kappa shape index (κ3) is 2.14. The van der Waals surface area contributed by atoms with Crippen molar-refractivity contribution in [3.8, 4) is 5.75 Å². The lowest BCUT2D eigenvalue weighted by Gasteiger charge is -2.00. The number of rotatable bonds is 1. The number of hydrogen-bond donors (Lipinski definition) is 0. The minimum Gasteiger partial charge on any atom is -0.463 e. The molecule has 0 N–H and O–H groups in total. The number of Topliss-reactive ketones (excluding diaryl/α,β-unsaturated/α-hetero) is 1. The summed E-state index contributed by atoms with van der Waals surface area (Å²) in [4.78, 5) is 24.7. The molecular formula is C18H9FO4. The summed E-state index contributed by atoms with van der Waals surface area (Å²) in [5.41, 5.74) is 0.417. The zero-order valence-electron chi connectivity index (χ0n) is 11.7. The lowest BCUT2D eigenvalue weighted by molar-refractivity contribution is 0.101. The van der Waals surface area contributed by atoms with Gasteiger partial charge in [-0.05, 0) is 36.4 Å². The quantitative estimate of drug-likeness (QED) is 0.645. The van der Waals surface area contributed by atoms with Gasteiger partial charge in [-0.1, -0.05) is 12.1 Å². The van der Waals surface area contributed by atoms with Crippen molar-refractivity contribution in [3.05, 3.63) is 81.7 Å². The highest BCUT2D eigenvalue weighted by atomic mass is 19.1. The van der Waals surface area contributed by atoms with Gasteiger partial charge in [-0.3, -0.25) is 9.59 Å². The van der Waals surface area contributed by atoms with E-state index in [0.29, 0.717) is 11.3 Å². The molecule has 0 fully saturated rings. The smallest absolute Gasteiger partial charge is 0.231 e. The molecule has 23 heavy (non-hydrogen) atoms. The molecule has 2 heterocycles. The summed E-state index contributed by atoms with van der Waals surface area (Å²) in [6.45, 7) is 0. The predicted molar refractivity (Wildman–Crippen MR) is 81.8 cm³/mol. The molecule has 0 saturated carbocycles. The second kappa shape index (κ2) is 4.91. The van der Waals surface area contributed by atoms with Crippen LogP contribution in [0.1, 0.15) is 15.9 Å². The van der Waals surface area contributed by atoms with E-state index in [1.165, 1.54) is 24.5 Å². The van der Waals surface area contributed by atoms with E-state index in [-0.39, 0.29) is 28.1 Å². The molecule has 2 aromatic carbocycles. The summed E-state index contributed by atoms with van der Waals surface area (Å²) in [5.74, 6) is -0.358. The maximum Gasteiger partial charge on any atom is 0.231 e. The Labute approximate surface area is 129 Å². The molecule has 0 radical (unpaired) electrons. The first-order valence-electron chi connectivity index (χ1n) is 6.88. The number of carbonyl (C=O) groups is 1. The van der Waals surface area contributed by atoms with Gasteiger partial charge in [0.05, 0.1) is 16.5 Å². The van der Waals surface area contributed by atoms with Crippen molar-refractivity contribution in [2.45, 2.75) is 0 Å². The molecule has 0 atom stereocenters. The van der Waals surface area contributed by atoms with Crippen LogP contribution in [0.5, 0.6) is 5.75 Å². The van der Waals surface area contributed by atoms with Crippen molar-refractivity contribution in [1.29, 1.82) is 0 Å². The van der Waals surface area contributed by atoms with Gasteiger partial charge < -0.3 is 9.15 Å². The first-order valence-corrected chi connectivity index (χ1v) is 6.88. The fourth-order valence-electron chi connectivity index (χ4n) is 2.49. The largest absolute Gasteiger partial charge is 0.463 e. The van der Waals surface area contributed by atoms with Gasteiger partial charge in [0.15, 0.2) is 11.2 Å². The molecule has 3 aromatic rings. The SMILES string of the molecule is O=C1/C(=C/c2coc3ccc(F)cc3c2=O)Oc2ccccc21. The third-order valence-electron chi connectivity index (χ3n) is 3.62. The standard InChI is InChI=1S/C18H9FO4/c19-11-5-6-14-13(8-11)17(20)10(9-22-14)7-16-18(21)12-3-1-2-4-15(12)23-16/h1-9H/b16-7-. The number of ether oxygens (including phenoxy) is 1. The molecule has 0 spiro atoms. The Morgan fingerprint density at radius 3 is 2.70 bits per heavy atom. The predicted octanol–water partition coefficient (Wildman–Crippen LogP) is 3.55. The van der Waals surface area contributed by atoms with Gasteiger partial charge in [0.2, 0.25) is 5.78 Å². The molecule has 0 amide bonds. The maximum absolute atomic E-state index is 13.3. The number of carbonyl (C=O) groups excluding carboxylic acids is 1. The maximum atomic E-state index is 13.3. The van der Waals surface area contributed by atoms with Crippen LogP contribution in [0.25, 0.3) is 17.0 Å². The molecule has 1 aliphatic heterocycles. The number of benzene rings is 2. The van der Waals surface area contributed by atoms with Crippen molar-refractivity contribution >= 4 is 22.8 Å². The van der Waals surface area contributed by atoms with E-state index in [2.05, 4.69) is 0 Å². The number of para-hydroxylation sites is 1. The first-order chi connectivity index (χ1) is 11.1. The monoisotopic (exact) mass is 308 g/mol. The van der Waals surface area contributed by atoms with E-state index in [0.717, 1.165) is 6.07 Å². The van der Waals surface area contributed by atoms with Crippen LogP contribution in [0.15, 0.2) is 63.7 Å². The number of halogens is 1. The van der Waals surface area contributed by atoms with E-state index < -0.39 is 11.2 Å². The highest BCUT2D eigenvalue weighted by Gasteiger charge is 2.27. The third-order valence-corrected chi connectivity index (χ3v) is 3.62. The average Bonchev–Trinajstić information content (AvgIpc) is 2.87. The topological polar surface area (TPSA) is 56.5 Å². The second-order valence-corrected chi connectivity index (χ2v) is 5.10. The van der Waals surface area contributed by atoms with Gasteiger partial charge in [-0.25, -0.2) is 4.39 Å².